The molecular weight excluding hydrogens is 559 g/mol. The molecule has 4 rings (SSSR count). The van der Waals surface area contributed by atoms with Gasteiger partial charge in [-0.05, 0) is 73.6 Å². The molecule has 9 heteroatoms. The normalized spacial score (nSPS) is 11.5. The summed E-state index contributed by atoms with van der Waals surface area (Å²) in [6.45, 7) is 4.25. The van der Waals surface area contributed by atoms with Crippen molar-refractivity contribution < 1.29 is 22.7 Å². The molecule has 5 nitrogen and oxygen atoms in total. The summed E-state index contributed by atoms with van der Waals surface area (Å²) >= 11 is 5.58. The number of ketones is 1. The first-order valence-corrected chi connectivity index (χ1v) is 14.5. The quantitative estimate of drug-likeness (QED) is 0.109. The van der Waals surface area contributed by atoms with Crippen LogP contribution in [0.3, 0.4) is 0 Å². The van der Waals surface area contributed by atoms with Crippen LogP contribution in [0.4, 0.5) is 13.2 Å². The van der Waals surface area contributed by atoms with E-state index in [1.165, 1.54) is 52.0 Å². The Kier molecular flexibility index (Phi) is 10.6. The molecule has 0 aliphatic rings. The van der Waals surface area contributed by atoms with Gasteiger partial charge in [-0.3, -0.25) is 4.79 Å². The predicted molar refractivity (Wildman–Crippen MR) is 162 cm³/mol. The van der Waals surface area contributed by atoms with Crippen molar-refractivity contribution in [1.29, 1.82) is 0 Å². The van der Waals surface area contributed by atoms with Crippen LogP contribution >= 0.6 is 12.2 Å². The molecule has 0 fully saturated rings. The molecule has 0 amide bonds. The van der Waals surface area contributed by atoms with Gasteiger partial charge >= 0.3 is 6.36 Å². The number of unbranched alkanes of at least 4 members (excludes halogenated alkanes) is 1. The summed E-state index contributed by atoms with van der Waals surface area (Å²) in [4.78, 5) is 17.7. The van der Waals surface area contributed by atoms with Gasteiger partial charge in [0.25, 0.3) is 0 Å². The second-order valence-electron chi connectivity index (χ2n) is 10.4. The fraction of sp³-hybridized carbons (Fsp3) is 0.333. The minimum absolute atomic E-state index is 0.198. The highest BCUT2D eigenvalue weighted by molar-refractivity contribution is 7.80. The Balaban J connectivity index is 1.21. The number of hydrogen-bond acceptors (Lipinski definition) is 5. The Morgan fingerprint density at radius 3 is 2.38 bits per heavy atom. The van der Waals surface area contributed by atoms with Crippen molar-refractivity contribution in [3.8, 4) is 22.8 Å². The lowest BCUT2D eigenvalue weighted by Crippen LogP contribution is -2.17. The van der Waals surface area contributed by atoms with Gasteiger partial charge in [0.15, 0.2) is 5.82 Å². The van der Waals surface area contributed by atoms with Gasteiger partial charge in [0.05, 0.1) is 5.69 Å². The predicted octanol–water partition coefficient (Wildman–Crippen LogP) is 8.38. The first kappa shape index (κ1) is 31.1. The van der Waals surface area contributed by atoms with E-state index in [4.69, 9.17) is 12.2 Å². The highest BCUT2D eigenvalue weighted by Crippen LogP contribution is 2.24. The highest BCUT2D eigenvalue weighted by atomic mass is 32.1. The largest absolute Gasteiger partial charge is 0.573 e. The molecule has 0 spiro atoms. The van der Waals surface area contributed by atoms with Gasteiger partial charge in [-0.1, -0.05) is 73.6 Å². The van der Waals surface area contributed by atoms with Gasteiger partial charge < -0.3 is 4.74 Å². The number of nitrogens with zero attached hydrogens (tertiary/aromatic N) is 3. The number of carbonyl (C=O) groups excluding carboxylic acids is 1. The maximum absolute atomic E-state index is 12.6. The third-order valence-electron chi connectivity index (χ3n) is 6.87. The maximum Gasteiger partial charge on any atom is 0.573 e. The number of Topliss-reactive ketones (excluding diaryl/α,β-unsaturated/α-hetero) is 1. The van der Waals surface area contributed by atoms with Crippen LogP contribution in [0, 0.1) is 6.92 Å². The standard InChI is InChI=1S/C33H34F3N3O2S/c1-3-6-25-12-9-23(2)19-27(25)20-31(42)21-29(40)8-5-4-7-24-10-13-26(14-11-24)32-37-22-39(38-32)28-15-17-30(18-16-28)41-33(34,35)36/h9-19,22H,3-8,20-21H2,1-2H3. The smallest absolute Gasteiger partial charge is 0.406 e. The Hall–Kier alpha value is -3.85. The third-order valence-corrected chi connectivity index (χ3v) is 7.16. The zero-order valence-corrected chi connectivity index (χ0v) is 24.6. The van der Waals surface area contributed by atoms with E-state index in [0.717, 1.165) is 48.1 Å². The van der Waals surface area contributed by atoms with Gasteiger partial charge in [0.1, 0.15) is 17.9 Å². The van der Waals surface area contributed by atoms with Crippen LogP contribution in [0.25, 0.3) is 17.1 Å². The summed E-state index contributed by atoms with van der Waals surface area (Å²) in [6, 6.07) is 19.8. The summed E-state index contributed by atoms with van der Waals surface area (Å²) in [5.74, 6) is 0.407. The van der Waals surface area contributed by atoms with Crippen LogP contribution < -0.4 is 4.74 Å². The van der Waals surface area contributed by atoms with E-state index in [1.807, 2.05) is 24.3 Å². The van der Waals surface area contributed by atoms with E-state index < -0.39 is 6.36 Å². The molecule has 0 atom stereocenters. The molecule has 3 aromatic carbocycles. The monoisotopic (exact) mass is 593 g/mol. The molecular formula is C33H34F3N3O2S. The van der Waals surface area contributed by atoms with Crippen molar-refractivity contribution in [1.82, 2.24) is 14.8 Å². The number of alkyl halides is 3. The van der Waals surface area contributed by atoms with Gasteiger partial charge in [0.2, 0.25) is 0 Å². The number of aryl methyl sites for hydroxylation is 3. The van der Waals surface area contributed by atoms with E-state index in [-0.39, 0.29) is 11.5 Å². The summed E-state index contributed by atoms with van der Waals surface area (Å²) in [7, 11) is 0. The Morgan fingerprint density at radius 1 is 0.952 bits per heavy atom. The van der Waals surface area contributed by atoms with Gasteiger partial charge in [0, 0.05) is 29.7 Å². The molecule has 0 saturated carbocycles. The lowest BCUT2D eigenvalue weighted by Gasteiger charge is -2.11. The van der Waals surface area contributed by atoms with Crippen molar-refractivity contribution in [3.05, 3.63) is 95.3 Å². The van der Waals surface area contributed by atoms with E-state index in [0.29, 0.717) is 30.8 Å². The van der Waals surface area contributed by atoms with Crippen molar-refractivity contribution >= 4 is 22.9 Å². The summed E-state index contributed by atoms with van der Waals surface area (Å²) < 4.78 is 42.5. The Bertz CT molecular complexity index is 1500. The van der Waals surface area contributed by atoms with Crippen molar-refractivity contribution in [2.45, 2.75) is 71.6 Å². The van der Waals surface area contributed by atoms with Crippen molar-refractivity contribution in [2.75, 3.05) is 0 Å². The molecule has 0 N–H and O–H groups in total. The molecule has 0 bridgehead atoms. The SMILES string of the molecule is CCCc1ccc(C)cc1CC(=S)CC(=O)CCCCc1ccc(-c2ncn(-c3ccc(OC(F)(F)F)cc3)n2)cc1. The molecule has 0 saturated heterocycles. The topological polar surface area (TPSA) is 57.0 Å². The van der Waals surface area contributed by atoms with Crippen LogP contribution in [-0.4, -0.2) is 31.8 Å². The van der Waals surface area contributed by atoms with Gasteiger partial charge in [-0.2, -0.15) is 0 Å². The van der Waals surface area contributed by atoms with E-state index in [9.17, 15) is 18.0 Å². The average molecular weight is 594 g/mol. The van der Waals surface area contributed by atoms with E-state index in [2.05, 4.69) is 46.9 Å². The van der Waals surface area contributed by atoms with Gasteiger partial charge in [-0.15, -0.1) is 18.3 Å². The van der Waals surface area contributed by atoms with Crippen molar-refractivity contribution in [2.24, 2.45) is 0 Å². The van der Waals surface area contributed by atoms with E-state index >= 15 is 0 Å². The first-order valence-electron chi connectivity index (χ1n) is 14.1. The Morgan fingerprint density at radius 2 is 1.69 bits per heavy atom. The van der Waals surface area contributed by atoms with Crippen LogP contribution in [0.15, 0.2) is 73.1 Å². The number of halogens is 3. The molecule has 0 aliphatic carbocycles. The zero-order chi connectivity index (χ0) is 30.1. The molecule has 0 unspecified atom stereocenters. The Labute approximate surface area is 249 Å². The molecule has 1 heterocycles. The van der Waals surface area contributed by atoms with Crippen molar-refractivity contribution in [3.63, 3.8) is 0 Å². The molecule has 0 radical (unpaired) electrons. The number of rotatable bonds is 14. The minimum atomic E-state index is -4.74. The number of carbonyl (C=O) groups is 1. The molecule has 220 valence electrons. The third kappa shape index (κ3) is 9.34. The fourth-order valence-corrected chi connectivity index (χ4v) is 5.12. The minimum Gasteiger partial charge on any atom is -0.406 e. The molecule has 42 heavy (non-hydrogen) atoms. The number of benzene rings is 3. The first-order chi connectivity index (χ1) is 20.1. The number of aromatic nitrogens is 3. The summed E-state index contributed by atoms with van der Waals surface area (Å²) in [5.41, 5.74) is 6.32. The van der Waals surface area contributed by atoms with Crippen LogP contribution in [-0.2, 0) is 24.1 Å². The van der Waals surface area contributed by atoms with E-state index in [1.54, 1.807) is 0 Å². The maximum atomic E-state index is 12.6. The van der Waals surface area contributed by atoms with Gasteiger partial charge in [-0.25, -0.2) is 9.67 Å². The zero-order valence-electron chi connectivity index (χ0n) is 23.8. The molecule has 0 aliphatic heterocycles. The number of hydrogen-bond donors (Lipinski definition) is 0. The van der Waals surface area contributed by atoms with Crippen LogP contribution in [0.5, 0.6) is 5.75 Å². The fourth-order valence-electron chi connectivity index (χ4n) is 4.81. The molecule has 4 aromatic rings. The van der Waals surface area contributed by atoms with Crippen LogP contribution in [0.2, 0.25) is 0 Å². The molecule has 1 aromatic heterocycles. The second-order valence-corrected chi connectivity index (χ2v) is 11.0. The number of ether oxygens (including phenoxy) is 1. The average Bonchev–Trinajstić information content (AvgIpc) is 3.43. The second kappa shape index (κ2) is 14.4. The lowest BCUT2D eigenvalue weighted by molar-refractivity contribution is -0.274. The van der Waals surface area contributed by atoms with Crippen LogP contribution in [0.1, 0.15) is 61.3 Å². The highest BCUT2D eigenvalue weighted by Gasteiger charge is 2.31. The summed E-state index contributed by atoms with van der Waals surface area (Å²) in [5, 5.41) is 4.44. The summed E-state index contributed by atoms with van der Waals surface area (Å²) in [6.07, 6.45) is 3.01. The lowest BCUT2D eigenvalue weighted by atomic mass is 9.95. The number of thiocarbonyl (C=S) groups is 1.